The fraction of sp³-hybridized carbons (Fsp3) is 0.429. The maximum atomic E-state index is 12.1. The van der Waals surface area contributed by atoms with E-state index in [0.717, 1.165) is 12.0 Å². The van der Waals surface area contributed by atoms with E-state index in [2.05, 4.69) is 16.4 Å². The summed E-state index contributed by atoms with van der Waals surface area (Å²) in [5.41, 5.74) is 2.52. The predicted molar refractivity (Wildman–Crippen MR) is 69.4 cm³/mol. The van der Waals surface area contributed by atoms with Gasteiger partial charge in [-0.15, -0.1) is 0 Å². The molecule has 1 aromatic rings. The summed E-state index contributed by atoms with van der Waals surface area (Å²) >= 11 is 0. The second-order valence-corrected chi connectivity index (χ2v) is 5.34. The summed E-state index contributed by atoms with van der Waals surface area (Å²) in [7, 11) is 0. The van der Waals surface area contributed by atoms with Gasteiger partial charge in [-0.2, -0.15) is 0 Å². The van der Waals surface area contributed by atoms with Gasteiger partial charge in [0.2, 0.25) is 0 Å². The summed E-state index contributed by atoms with van der Waals surface area (Å²) in [5.74, 6) is -0.0790. The number of carbonyl (C=O) groups is 1. The number of aliphatic imine (C=N–C) groups is 1. The third-order valence-electron chi connectivity index (χ3n) is 2.63. The molecular weight excluding hydrogens is 212 g/mol. The van der Waals surface area contributed by atoms with Crippen molar-refractivity contribution in [2.24, 2.45) is 4.99 Å². The zero-order valence-electron chi connectivity index (χ0n) is 10.6. The van der Waals surface area contributed by atoms with E-state index in [1.54, 1.807) is 0 Å². The molecule has 1 aliphatic heterocycles. The minimum Gasteiger partial charge on any atom is -0.346 e. The highest BCUT2D eigenvalue weighted by Gasteiger charge is 2.23. The van der Waals surface area contributed by atoms with Crippen LogP contribution in [0.25, 0.3) is 0 Å². The first-order chi connectivity index (χ1) is 7.97. The van der Waals surface area contributed by atoms with Crippen LogP contribution in [0.4, 0.5) is 0 Å². The molecule has 1 N–H and O–H groups in total. The molecule has 0 atom stereocenters. The Hall–Kier alpha value is -1.64. The average Bonchev–Trinajstić information content (AvgIpc) is 2.26. The third-order valence-corrected chi connectivity index (χ3v) is 2.63. The summed E-state index contributed by atoms with van der Waals surface area (Å²) in [4.78, 5) is 16.5. The topological polar surface area (TPSA) is 41.5 Å². The fourth-order valence-corrected chi connectivity index (χ4v) is 1.94. The molecule has 3 heteroatoms. The molecule has 90 valence electrons. The van der Waals surface area contributed by atoms with E-state index in [4.69, 9.17) is 0 Å². The van der Waals surface area contributed by atoms with Gasteiger partial charge in [0, 0.05) is 17.6 Å². The predicted octanol–water partition coefficient (Wildman–Crippen LogP) is 1.95. The standard InChI is InChI=1S/C14H18N2O/c1-14(2,3)16-13(17)12-11-7-5-4-6-10(11)8-9-15-12/h4-7H,8-9H2,1-3H3,(H,16,17). The van der Waals surface area contributed by atoms with E-state index < -0.39 is 0 Å². The number of hydrogen-bond donors (Lipinski definition) is 1. The van der Waals surface area contributed by atoms with Crippen molar-refractivity contribution in [1.29, 1.82) is 0 Å². The minimum absolute atomic E-state index is 0.0790. The van der Waals surface area contributed by atoms with Crippen molar-refractivity contribution in [2.75, 3.05) is 6.54 Å². The Morgan fingerprint density at radius 2 is 2.00 bits per heavy atom. The van der Waals surface area contributed by atoms with Gasteiger partial charge < -0.3 is 5.32 Å². The van der Waals surface area contributed by atoms with Crippen LogP contribution < -0.4 is 5.32 Å². The summed E-state index contributed by atoms with van der Waals surface area (Å²) in [5, 5.41) is 2.96. The van der Waals surface area contributed by atoms with E-state index in [-0.39, 0.29) is 11.4 Å². The van der Waals surface area contributed by atoms with Gasteiger partial charge in [-0.1, -0.05) is 24.3 Å². The van der Waals surface area contributed by atoms with Gasteiger partial charge >= 0.3 is 0 Å². The molecule has 1 heterocycles. The van der Waals surface area contributed by atoms with Crippen molar-refractivity contribution in [3.8, 4) is 0 Å². The SMILES string of the molecule is CC(C)(C)NC(=O)C1=NCCc2ccccc21. The van der Waals surface area contributed by atoms with Crippen LogP contribution in [-0.4, -0.2) is 23.7 Å². The molecule has 3 nitrogen and oxygen atoms in total. The quantitative estimate of drug-likeness (QED) is 0.787. The molecule has 0 saturated heterocycles. The van der Waals surface area contributed by atoms with Crippen molar-refractivity contribution in [3.05, 3.63) is 35.4 Å². The van der Waals surface area contributed by atoms with Crippen molar-refractivity contribution >= 4 is 11.6 Å². The van der Waals surface area contributed by atoms with Crippen LogP contribution in [-0.2, 0) is 11.2 Å². The molecule has 0 radical (unpaired) electrons. The van der Waals surface area contributed by atoms with Crippen LogP contribution in [0.1, 0.15) is 31.9 Å². The number of amides is 1. The molecule has 0 bridgehead atoms. The fourth-order valence-electron chi connectivity index (χ4n) is 1.94. The monoisotopic (exact) mass is 230 g/mol. The van der Waals surface area contributed by atoms with Crippen LogP contribution in [0.5, 0.6) is 0 Å². The van der Waals surface area contributed by atoms with Gasteiger partial charge in [-0.25, -0.2) is 0 Å². The van der Waals surface area contributed by atoms with E-state index in [1.165, 1.54) is 5.56 Å². The maximum Gasteiger partial charge on any atom is 0.270 e. The van der Waals surface area contributed by atoms with Crippen molar-refractivity contribution in [1.82, 2.24) is 5.32 Å². The smallest absolute Gasteiger partial charge is 0.270 e. The molecule has 0 fully saturated rings. The summed E-state index contributed by atoms with van der Waals surface area (Å²) in [6.07, 6.45) is 0.919. The second-order valence-electron chi connectivity index (χ2n) is 5.34. The second kappa shape index (κ2) is 4.32. The highest BCUT2D eigenvalue weighted by molar-refractivity contribution is 6.46. The van der Waals surface area contributed by atoms with Gasteiger partial charge in [-0.05, 0) is 32.8 Å². The lowest BCUT2D eigenvalue weighted by Crippen LogP contribution is -2.45. The molecule has 0 unspecified atom stereocenters. The molecule has 0 spiro atoms. The van der Waals surface area contributed by atoms with Crippen molar-refractivity contribution in [2.45, 2.75) is 32.7 Å². The van der Waals surface area contributed by atoms with Crippen molar-refractivity contribution < 1.29 is 4.79 Å². The number of nitrogens with zero attached hydrogens (tertiary/aromatic N) is 1. The number of fused-ring (bicyclic) bond motifs is 1. The molecule has 17 heavy (non-hydrogen) atoms. The Morgan fingerprint density at radius 3 is 2.71 bits per heavy atom. The van der Waals surface area contributed by atoms with Gasteiger partial charge in [0.15, 0.2) is 0 Å². The summed E-state index contributed by atoms with van der Waals surface area (Å²) in [6.45, 7) is 6.62. The van der Waals surface area contributed by atoms with Gasteiger partial charge in [0.25, 0.3) is 5.91 Å². The molecule has 0 saturated carbocycles. The third kappa shape index (κ3) is 2.73. The first-order valence-corrected chi connectivity index (χ1v) is 5.92. The molecule has 2 rings (SSSR count). The first-order valence-electron chi connectivity index (χ1n) is 5.92. The van der Waals surface area contributed by atoms with Crippen LogP contribution in [0.15, 0.2) is 29.3 Å². The highest BCUT2D eigenvalue weighted by atomic mass is 16.2. The molecule has 1 aliphatic rings. The van der Waals surface area contributed by atoms with Crippen LogP contribution in [0, 0.1) is 0 Å². The number of hydrogen-bond acceptors (Lipinski definition) is 2. The Morgan fingerprint density at radius 1 is 1.29 bits per heavy atom. The maximum absolute atomic E-state index is 12.1. The van der Waals surface area contributed by atoms with E-state index >= 15 is 0 Å². The summed E-state index contributed by atoms with van der Waals surface area (Å²) < 4.78 is 0. The molecular formula is C14H18N2O. The number of carbonyl (C=O) groups excluding carboxylic acids is 1. The molecule has 1 amide bonds. The van der Waals surface area contributed by atoms with Gasteiger partial charge in [0.1, 0.15) is 5.71 Å². The lowest BCUT2D eigenvalue weighted by atomic mass is 9.96. The lowest BCUT2D eigenvalue weighted by Gasteiger charge is -2.23. The number of rotatable bonds is 1. The minimum atomic E-state index is -0.230. The zero-order chi connectivity index (χ0) is 12.5. The first kappa shape index (κ1) is 11.8. The van der Waals surface area contributed by atoms with Gasteiger partial charge in [-0.3, -0.25) is 9.79 Å². The Bertz CT molecular complexity index is 469. The van der Waals surface area contributed by atoms with Crippen LogP contribution in [0.3, 0.4) is 0 Å². The number of benzene rings is 1. The van der Waals surface area contributed by atoms with E-state index in [1.807, 2.05) is 39.0 Å². The van der Waals surface area contributed by atoms with Crippen LogP contribution >= 0.6 is 0 Å². The number of nitrogens with one attached hydrogen (secondary N) is 1. The highest BCUT2D eigenvalue weighted by Crippen LogP contribution is 2.16. The average molecular weight is 230 g/mol. The Balaban J connectivity index is 2.28. The van der Waals surface area contributed by atoms with Crippen LogP contribution in [0.2, 0.25) is 0 Å². The Kier molecular flexibility index (Phi) is 3.01. The zero-order valence-corrected chi connectivity index (χ0v) is 10.6. The largest absolute Gasteiger partial charge is 0.346 e. The normalized spacial score (nSPS) is 14.9. The van der Waals surface area contributed by atoms with E-state index in [0.29, 0.717) is 12.3 Å². The van der Waals surface area contributed by atoms with Gasteiger partial charge in [0.05, 0.1) is 0 Å². The van der Waals surface area contributed by atoms with Crippen molar-refractivity contribution in [3.63, 3.8) is 0 Å². The molecule has 0 aliphatic carbocycles. The molecule has 0 aromatic heterocycles. The summed E-state index contributed by atoms with van der Waals surface area (Å²) in [6, 6.07) is 7.98. The Labute approximate surface area is 102 Å². The lowest BCUT2D eigenvalue weighted by molar-refractivity contribution is -0.116. The van der Waals surface area contributed by atoms with E-state index in [9.17, 15) is 4.79 Å². The molecule has 1 aromatic carbocycles.